The van der Waals surface area contributed by atoms with E-state index in [1.165, 1.54) is 4.90 Å². The summed E-state index contributed by atoms with van der Waals surface area (Å²) in [6.07, 6.45) is 1.80. The van der Waals surface area contributed by atoms with Crippen LogP contribution in [-0.4, -0.2) is 20.6 Å². The first-order valence-electron chi connectivity index (χ1n) is 8.78. The highest BCUT2D eigenvalue weighted by molar-refractivity contribution is 8.18. The monoisotopic (exact) mass is 387 g/mol. The summed E-state index contributed by atoms with van der Waals surface area (Å²) in [5.74, 6) is -0.324. The van der Waals surface area contributed by atoms with Gasteiger partial charge < -0.3 is 4.57 Å². The van der Waals surface area contributed by atoms with Crippen LogP contribution in [0.3, 0.4) is 0 Å². The molecule has 138 valence electrons. The van der Waals surface area contributed by atoms with Gasteiger partial charge in [0.1, 0.15) is 0 Å². The van der Waals surface area contributed by atoms with Crippen molar-refractivity contribution in [1.29, 1.82) is 5.26 Å². The largest absolute Gasteiger partial charge is 0.347 e. The molecule has 3 aromatic rings. The molecule has 1 aliphatic rings. The molecule has 6 heteroatoms. The van der Waals surface area contributed by atoms with E-state index in [-0.39, 0.29) is 17.7 Å². The van der Waals surface area contributed by atoms with Crippen molar-refractivity contribution in [3.63, 3.8) is 0 Å². The molecule has 0 aliphatic carbocycles. The molecule has 2 amide bonds. The molecule has 28 heavy (non-hydrogen) atoms. The lowest BCUT2D eigenvalue weighted by atomic mass is 10.1. The van der Waals surface area contributed by atoms with E-state index < -0.39 is 0 Å². The number of carbonyl (C=O) groups is 2. The SMILES string of the molecule is Cc1c(/C=C2\SC(=O)N(Cc3ccccc3C#N)C2=O)c2ccccc2n1C. The molecule has 0 bridgehead atoms. The fraction of sp³-hybridized carbons (Fsp3) is 0.136. The molecule has 1 aliphatic heterocycles. The molecule has 2 heterocycles. The van der Waals surface area contributed by atoms with Crippen molar-refractivity contribution in [3.8, 4) is 6.07 Å². The number of para-hydroxylation sites is 1. The quantitative estimate of drug-likeness (QED) is 0.616. The molecule has 1 fully saturated rings. The first-order chi connectivity index (χ1) is 13.5. The summed E-state index contributed by atoms with van der Waals surface area (Å²) in [4.78, 5) is 27.0. The molecule has 0 spiro atoms. The first kappa shape index (κ1) is 18.1. The van der Waals surface area contributed by atoms with Crippen LogP contribution in [0.15, 0.2) is 53.4 Å². The van der Waals surface area contributed by atoms with Crippen LogP contribution in [-0.2, 0) is 18.4 Å². The number of rotatable bonds is 3. The molecule has 0 atom stereocenters. The molecule has 5 nitrogen and oxygen atoms in total. The predicted octanol–water partition coefficient (Wildman–Crippen LogP) is 4.59. The Hall–Kier alpha value is -3.30. The van der Waals surface area contributed by atoms with Crippen LogP contribution in [0.2, 0.25) is 0 Å². The number of nitriles is 1. The zero-order valence-corrected chi connectivity index (χ0v) is 16.3. The third-order valence-electron chi connectivity index (χ3n) is 5.06. The summed E-state index contributed by atoms with van der Waals surface area (Å²) in [7, 11) is 1.99. The number of hydrogen-bond acceptors (Lipinski definition) is 4. The Labute approximate surface area is 166 Å². The summed E-state index contributed by atoms with van der Waals surface area (Å²) >= 11 is 0.942. The average Bonchev–Trinajstić information content (AvgIpc) is 3.11. The van der Waals surface area contributed by atoms with E-state index in [0.717, 1.165) is 33.9 Å². The van der Waals surface area contributed by atoms with Gasteiger partial charge in [-0.25, -0.2) is 0 Å². The smallest absolute Gasteiger partial charge is 0.293 e. The van der Waals surface area contributed by atoms with Crippen molar-refractivity contribution in [2.45, 2.75) is 13.5 Å². The van der Waals surface area contributed by atoms with E-state index in [1.807, 2.05) is 38.2 Å². The normalized spacial score (nSPS) is 15.6. The summed E-state index contributed by atoms with van der Waals surface area (Å²) in [6.45, 7) is 2.10. The number of imide groups is 1. The molecule has 2 aromatic carbocycles. The van der Waals surface area contributed by atoms with Crippen molar-refractivity contribution in [2.75, 3.05) is 0 Å². The zero-order valence-electron chi connectivity index (χ0n) is 15.5. The number of thioether (sulfide) groups is 1. The van der Waals surface area contributed by atoms with E-state index in [0.29, 0.717) is 16.0 Å². The van der Waals surface area contributed by atoms with Crippen LogP contribution in [0.1, 0.15) is 22.4 Å². The highest BCUT2D eigenvalue weighted by Gasteiger charge is 2.35. The van der Waals surface area contributed by atoms with Crippen LogP contribution >= 0.6 is 11.8 Å². The van der Waals surface area contributed by atoms with Gasteiger partial charge in [-0.3, -0.25) is 14.5 Å². The minimum absolute atomic E-state index is 0.0975. The van der Waals surface area contributed by atoms with Crippen LogP contribution in [0.25, 0.3) is 17.0 Å². The number of amides is 2. The standard InChI is InChI=1S/C22H17N3O2S/c1-14-18(17-9-5-6-10-19(17)24(14)2)11-20-21(26)25(22(27)28-20)13-16-8-4-3-7-15(16)12-23/h3-11H,13H2,1-2H3/b20-11-. The molecular weight excluding hydrogens is 370 g/mol. The van der Waals surface area contributed by atoms with Crippen molar-refractivity contribution in [3.05, 3.63) is 75.8 Å². The van der Waals surface area contributed by atoms with Crippen molar-refractivity contribution < 1.29 is 9.59 Å². The lowest BCUT2D eigenvalue weighted by molar-refractivity contribution is -0.123. The second kappa shape index (κ2) is 7.02. The Morgan fingerprint density at radius 2 is 1.82 bits per heavy atom. The lowest BCUT2D eigenvalue weighted by Gasteiger charge is -2.13. The fourth-order valence-electron chi connectivity index (χ4n) is 3.44. The molecular formula is C22H17N3O2S. The molecule has 4 rings (SSSR count). The van der Waals surface area contributed by atoms with Gasteiger partial charge in [0.25, 0.3) is 11.1 Å². The minimum Gasteiger partial charge on any atom is -0.347 e. The third kappa shape index (κ3) is 2.90. The van der Waals surface area contributed by atoms with Crippen molar-refractivity contribution in [1.82, 2.24) is 9.47 Å². The van der Waals surface area contributed by atoms with E-state index in [9.17, 15) is 14.9 Å². The number of aryl methyl sites for hydroxylation is 1. The number of fused-ring (bicyclic) bond motifs is 1. The van der Waals surface area contributed by atoms with Crippen LogP contribution < -0.4 is 0 Å². The molecule has 1 aromatic heterocycles. The van der Waals surface area contributed by atoms with E-state index >= 15 is 0 Å². The maximum atomic E-state index is 12.9. The molecule has 0 N–H and O–H groups in total. The van der Waals surface area contributed by atoms with Gasteiger partial charge >= 0.3 is 0 Å². The Kier molecular flexibility index (Phi) is 4.54. The number of aromatic nitrogens is 1. The van der Waals surface area contributed by atoms with Gasteiger partial charge in [0.05, 0.1) is 23.1 Å². The fourth-order valence-corrected chi connectivity index (χ4v) is 4.26. The van der Waals surface area contributed by atoms with Crippen LogP contribution in [0.4, 0.5) is 4.79 Å². The second-order valence-corrected chi connectivity index (χ2v) is 7.61. The van der Waals surface area contributed by atoms with Gasteiger partial charge in [0.15, 0.2) is 0 Å². The summed E-state index contributed by atoms with van der Waals surface area (Å²) in [6, 6.07) is 17.1. The predicted molar refractivity (Wildman–Crippen MR) is 110 cm³/mol. The number of carbonyl (C=O) groups excluding carboxylic acids is 2. The minimum atomic E-state index is -0.324. The van der Waals surface area contributed by atoms with Crippen molar-refractivity contribution in [2.24, 2.45) is 7.05 Å². The summed E-state index contributed by atoms with van der Waals surface area (Å²) < 4.78 is 2.08. The van der Waals surface area contributed by atoms with Gasteiger partial charge in [-0.2, -0.15) is 5.26 Å². The van der Waals surface area contributed by atoms with E-state index in [1.54, 1.807) is 30.3 Å². The molecule has 0 saturated carbocycles. The Morgan fingerprint density at radius 1 is 1.11 bits per heavy atom. The third-order valence-corrected chi connectivity index (χ3v) is 5.97. The Bertz CT molecular complexity index is 1200. The Morgan fingerprint density at radius 3 is 2.61 bits per heavy atom. The summed E-state index contributed by atoms with van der Waals surface area (Å²) in [5.41, 5.74) is 4.18. The van der Waals surface area contributed by atoms with Crippen molar-refractivity contribution >= 4 is 39.9 Å². The molecule has 0 radical (unpaired) electrons. The van der Waals surface area contributed by atoms with Gasteiger partial charge in [-0.1, -0.05) is 36.4 Å². The number of hydrogen-bond donors (Lipinski definition) is 0. The molecule has 1 saturated heterocycles. The second-order valence-electron chi connectivity index (χ2n) is 6.61. The maximum Gasteiger partial charge on any atom is 0.293 e. The van der Waals surface area contributed by atoms with Gasteiger partial charge in [-0.15, -0.1) is 0 Å². The van der Waals surface area contributed by atoms with Gasteiger partial charge in [-0.05, 0) is 42.5 Å². The van der Waals surface area contributed by atoms with Crippen LogP contribution in [0, 0.1) is 18.3 Å². The Balaban J connectivity index is 1.70. The van der Waals surface area contributed by atoms with E-state index in [2.05, 4.69) is 10.6 Å². The number of benzene rings is 2. The highest BCUT2D eigenvalue weighted by atomic mass is 32.2. The van der Waals surface area contributed by atoms with Gasteiger partial charge in [0, 0.05) is 29.2 Å². The number of nitrogens with zero attached hydrogens (tertiary/aromatic N) is 3. The van der Waals surface area contributed by atoms with Crippen LogP contribution in [0.5, 0.6) is 0 Å². The maximum absolute atomic E-state index is 12.9. The first-order valence-corrected chi connectivity index (χ1v) is 9.60. The zero-order chi connectivity index (χ0) is 19.8. The van der Waals surface area contributed by atoms with Gasteiger partial charge in [0.2, 0.25) is 0 Å². The topological polar surface area (TPSA) is 66.1 Å². The average molecular weight is 387 g/mol. The highest BCUT2D eigenvalue weighted by Crippen LogP contribution is 2.36. The van der Waals surface area contributed by atoms with E-state index in [4.69, 9.17) is 0 Å². The lowest BCUT2D eigenvalue weighted by Crippen LogP contribution is -2.27. The summed E-state index contributed by atoms with van der Waals surface area (Å²) in [5, 5.41) is 9.97. The molecule has 0 unspecified atom stereocenters.